The van der Waals surface area contributed by atoms with Gasteiger partial charge in [0, 0.05) is 0 Å². The van der Waals surface area contributed by atoms with Crippen molar-refractivity contribution in [2.75, 3.05) is 6.61 Å². The van der Waals surface area contributed by atoms with Gasteiger partial charge in [-0.3, -0.25) is 0 Å². The molecule has 1 fully saturated rings. The lowest BCUT2D eigenvalue weighted by atomic mass is 9.76. The Morgan fingerprint density at radius 3 is 2.81 bits per heavy atom. The van der Waals surface area contributed by atoms with Gasteiger partial charge in [0.1, 0.15) is 0 Å². The highest BCUT2D eigenvalue weighted by atomic mass is 16.5. The maximum atomic E-state index is 10.7. The van der Waals surface area contributed by atoms with Gasteiger partial charge < -0.3 is 9.84 Å². The summed E-state index contributed by atoms with van der Waals surface area (Å²) < 4.78 is 5.94. The fraction of sp³-hybridized carbons (Fsp3) is 0.579. The number of rotatable bonds is 6. The van der Waals surface area contributed by atoms with Crippen LogP contribution in [0.1, 0.15) is 44.6 Å². The predicted molar refractivity (Wildman–Crippen MR) is 87.0 cm³/mol. The third-order valence-corrected chi connectivity index (χ3v) is 4.74. The molecule has 1 aliphatic rings. The van der Waals surface area contributed by atoms with Crippen LogP contribution < -0.4 is 0 Å². The Balaban J connectivity index is 1.93. The molecule has 0 amide bonds. The third-order valence-electron chi connectivity index (χ3n) is 4.74. The highest BCUT2D eigenvalue weighted by molar-refractivity contribution is 5.13. The molecule has 21 heavy (non-hydrogen) atoms. The summed E-state index contributed by atoms with van der Waals surface area (Å²) in [4.78, 5) is 0. The molecule has 0 spiro atoms. The number of benzene rings is 1. The molecule has 1 N–H and O–H groups in total. The van der Waals surface area contributed by atoms with Crippen LogP contribution in [0.2, 0.25) is 0 Å². The summed E-state index contributed by atoms with van der Waals surface area (Å²) in [6.07, 6.45) is 7.13. The fourth-order valence-electron chi connectivity index (χ4n) is 3.51. The van der Waals surface area contributed by atoms with Crippen LogP contribution in [0.3, 0.4) is 0 Å². The summed E-state index contributed by atoms with van der Waals surface area (Å²) in [5.41, 5.74) is 0.615. The Hall–Kier alpha value is -1.12. The molecule has 2 rings (SSSR count). The van der Waals surface area contributed by atoms with Gasteiger partial charge >= 0.3 is 0 Å². The molecule has 1 aliphatic carbocycles. The molecular weight excluding hydrogens is 260 g/mol. The van der Waals surface area contributed by atoms with Crippen molar-refractivity contribution in [2.45, 2.75) is 51.2 Å². The van der Waals surface area contributed by atoms with Crippen molar-refractivity contribution in [3.8, 4) is 0 Å². The van der Waals surface area contributed by atoms with E-state index in [2.05, 4.69) is 18.7 Å². The quantitative estimate of drug-likeness (QED) is 0.623. The lowest BCUT2D eigenvalue weighted by Gasteiger charge is -2.35. The molecule has 1 saturated carbocycles. The van der Waals surface area contributed by atoms with E-state index >= 15 is 0 Å². The summed E-state index contributed by atoms with van der Waals surface area (Å²) in [6.45, 7) is 7.22. The van der Waals surface area contributed by atoms with E-state index in [-0.39, 0.29) is 5.92 Å². The number of hydrogen-bond acceptors (Lipinski definition) is 2. The highest BCUT2D eigenvalue weighted by Gasteiger charge is 2.38. The molecule has 0 aliphatic heterocycles. The Bertz CT molecular complexity index is 424. The third kappa shape index (κ3) is 4.69. The van der Waals surface area contributed by atoms with Gasteiger partial charge in [-0.25, -0.2) is 0 Å². The van der Waals surface area contributed by atoms with Crippen LogP contribution in [0.4, 0.5) is 0 Å². The molecule has 3 atom stereocenters. The average molecular weight is 288 g/mol. The van der Waals surface area contributed by atoms with E-state index < -0.39 is 5.60 Å². The Morgan fingerprint density at radius 2 is 2.10 bits per heavy atom. The van der Waals surface area contributed by atoms with E-state index in [0.717, 1.165) is 32.3 Å². The van der Waals surface area contributed by atoms with Gasteiger partial charge in [0.05, 0.1) is 18.8 Å². The summed E-state index contributed by atoms with van der Waals surface area (Å²) in [5, 5.41) is 10.7. The van der Waals surface area contributed by atoms with Crippen LogP contribution in [0.15, 0.2) is 43.0 Å². The zero-order valence-electron chi connectivity index (χ0n) is 13.1. The zero-order valence-corrected chi connectivity index (χ0v) is 13.1. The molecule has 1 aromatic carbocycles. The van der Waals surface area contributed by atoms with E-state index in [1.54, 1.807) is 0 Å². The van der Waals surface area contributed by atoms with Crippen molar-refractivity contribution in [3.05, 3.63) is 48.6 Å². The van der Waals surface area contributed by atoms with Crippen molar-refractivity contribution in [1.82, 2.24) is 0 Å². The molecule has 116 valence electrons. The Kier molecular flexibility index (Phi) is 6.01. The second kappa shape index (κ2) is 7.77. The van der Waals surface area contributed by atoms with E-state index in [1.165, 1.54) is 12.0 Å². The summed E-state index contributed by atoms with van der Waals surface area (Å²) in [7, 11) is 0. The molecule has 1 aromatic rings. The number of allylic oxidation sites excluding steroid dienone is 1. The largest absolute Gasteiger partial charge is 0.390 e. The second-order valence-corrected chi connectivity index (χ2v) is 6.49. The maximum Gasteiger partial charge on any atom is 0.0717 e. The van der Waals surface area contributed by atoms with E-state index in [1.807, 2.05) is 31.2 Å². The summed E-state index contributed by atoms with van der Waals surface area (Å²) >= 11 is 0. The van der Waals surface area contributed by atoms with Crippen molar-refractivity contribution in [3.63, 3.8) is 0 Å². The van der Waals surface area contributed by atoms with Crippen LogP contribution in [0, 0.1) is 11.8 Å². The minimum absolute atomic E-state index is 0.258. The second-order valence-electron chi connectivity index (χ2n) is 6.49. The summed E-state index contributed by atoms with van der Waals surface area (Å²) in [6, 6.07) is 10.3. The molecule has 3 unspecified atom stereocenters. The van der Waals surface area contributed by atoms with Gasteiger partial charge in [0.2, 0.25) is 0 Å². The van der Waals surface area contributed by atoms with Crippen LogP contribution in [0.5, 0.6) is 0 Å². The van der Waals surface area contributed by atoms with Crippen molar-refractivity contribution < 1.29 is 9.84 Å². The lowest BCUT2D eigenvalue weighted by Crippen LogP contribution is -2.39. The first-order chi connectivity index (χ1) is 10.1. The van der Waals surface area contributed by atoms with Crippen LogP contribution >= 0.6 is 0 Å². The SMILES string of the molecule is C=CCC1C(COCc2ccccc2)CCCCC1(C)O. The van der Waals surface area contributed by atoms with Crippen LogP contribution in [-0.2, 0) is 11.3 Å². The predicted octanol–water partition coefficient (Wildman–Crippen LogP) is 4.34. The molecule has 0 saturated heterocycles. The van der Waals surface area contributed by atoms with Gasteiger partial charge in [-0.05, 0) is 43.6 Å². The summed E-state index contributed by atoms with van der Waals surface area (Å²) in [5.74, 6) is 0.678. The van der Waals surface area contributed by atoms with Gasteiger partial charge in [-0.1, -0.05) is 49.2 Å². The van der Waals surface area contributed by atoms with Crippen LogP contribution in [-0.4, -0.2) is 17.3 Å². The lowest BCUT2D eigenvalue weighted by molar-refractivity contribution is -0.0465. The standard InChI is InChI=1S/C19H28O2/c1-3-9-18-17(12-7-8-13-19(18,2)20)15-21-14-16-10-5-4-6-11-16/h3-6,10-11,17-18,20H,1,7-9,12-15H2,2H3. The first-order valence-corrected chi connectivity index (χ1v) is 8.08. The molecule has 0 bridgehead atoms. The average Bonchev–Trinajstić information content (AvgIpc) is 2.61. The van der Waals surface area contributed by atoms with Gasteiger partial charge in [-0.2, -0.15) is 0 Å². The molecular formula is C19H28O2. The first kappa shape index (κ1) is 16.3. The minimum atomic E-state index is -0.592. The van der Waals surface area contributed by atoms with Crippen LogP contribution in [0.25, 0.3) is 0 Å². The fourth-order valence-corrected chi connectivity index (χ4v) is 3.51. The molecule has 2 nitrogen and oxygen atoms in total. The zero-order chi connectivity index (χ0) is 15.1. The van der Waals surface area contributed by atoms with Gasteiger partial charge in [0.25, 0.3) is 0 Å². The topological polar surface area (TPSA) is 29.5 Å². The molecule has 0 radical (unpaired) electrons. The first-order valence-electron chi connectivity index (χ1n) is 8.08. The molecule has 2 heteroatoms. The van der Waals surface area contributed by atoms with Crippen molar-refractivity contribution in [1.29, 1.82) is 0 Å². The molecule has 0 heterocycles. The highest BCUT2D eigenvalue weighted by Crippen LogP contribution is 2.38. The number of aliphatic hydroxyl groups is 1. The minimum Gasteiger partial charge on any atom is -0.390 e. The smallest absolute Gasteiger partial charge is 0.0717 e. The van der Waals surface area contributed by atoms with Gasteiger partial charge in [0.15, 0.2) is 0 Å². The van der Waals surface area contributed by atoms with E-state index in [4.69, 9.17) is 4.74 Å². The van der Waals surface area contributed by atoms with E-state index in [0.29, 0.717) is 12.5 Å². The maximum absolute atomic E-state index is 10.7. The van der Waals surface area contributed by atoms with Crippen molar-refractivity contribution in [2.24, 2.45) is 11.8 Å². The molecule has 0 aromatic heterocycles. The Morgan fingerprint density at radius 1 is 1.33 bits per heavy atom. The van der Waals surface area contributed by atoms with Crippen molar-refractivity contribution >= 4 is 0 Å². The van der Waals surface area contributed by atoms with E-state index in [9.17, 15) is 5.11 Å². The van der Waals surface area contributed by atoms with Gasteiger partial charge in [-0.15, -0.1) is 6.58 Å². The normalized spacial score (nSPS) is 29.8. The Labute approximate surface area is 128 Å². The number of hydrogen-bond donors (Lipinski definition) is 1. The number of ether oxygens (including phenoxy) is 1. The monoisotopic (exact) mass is 288 g/mol.